The third-order valence-corrected chi connectivity index (χ3v) is 21.5. The molecule has 0 heterocycles. The first-order chi connectivity index (χ1) is 50.9. The van der Waals surface area contributed by atoms with Crippen LogP contribution in [0.5, 0.6) is 0 Å². The third-order valence-electron chi connectivity index (χ3n) is 19.6. The zero-order valence-electron chi connectivity index (χ0n) is 68.5. The summed E-state index contributed by atoms with van der Waals surface area (Å²) in [7, 11) is -9.94. The van der Waals surface area contributed by atoms with Gasteiger partial charge in [0.05, 0.1) is 26.4 Å². The predicted molar refractivity (Wildman–Crippen MR) is 432 cm³/mol. The minimum Gasteiger partial charge on any atom is -0.462 e. The zero-order valence-corrected chi connectivity index (χ0v) is 70.3. The summed E-state index contributed by atoms with van der Waals surface area (Å²) in [4.78, 5) is 73.1. The molecule has 620 valence electrons. The quantitative estimate of drug-likeness (QED) is 0.0169. The van der Waals surface area contributed by atoms with E-state index in [0.29, 0.717) is 31.6 Å². The Morgan fingerprint density at radius 2 is 0.514 bits per heavy atom. The van der Waals surface area contributed by atoms with Gasteiger partial charge in [0, 0.05) is 25.7 Å². The average Bonchev–Trinajstić information content (AvgIpc) is 0.910. The van der Waals surface area contributed by atoms with Gasteiger partial charge in [-0.15, -0.1) is 0 Å². The Hall–Kier alpha value is -2.46. The number of phosphoric acid groups is 2. The molecule has 17 nitrogen and oxygen atoms in total. The maximum atomic E-state index is 13.1. The summed E-state index contributed by atoms with van der Waals surface area (Å²) in [5.41, 5.74) is 0. The molecule has 0 fully saturated rings. The molecule has 105 heavy (non-hydrogen) atoms. The average molecular weight is 1530 g/mol. The van der Waals surface area contributed by atoms with Crippen LogP contribution in [0, 0.1) is 11.8 Å². The molecule has 0 aliphatic carbocycles. The van der Waals surface area contributed by atoms with Gasteiger partial charge in [0.2, 0.25) is 0 Å². The molecule has 0 saturated carbocycles. The minimum absolute atomic E-state index is 0.0842. The Labute approximate surface area is 643 Å². The van der Waals surface area contributed by atoms with Crippen LogP contribution in [-0.4, -0.2) is 96.7 Å². The molecule has 0 aliphatic rings. The molecule has 0 aromatic carbocycles. The molecule has 0 rings (SSSR count). The Balaban J connectivity index is 5.23. The van der Waals surface area contributed by atoms with Crippen molar-refractivity contribution in [2.45, 2.75) is 452 Å². The second-order valence-corrected chi connectivity index (χ2v) is 34.1. The van der Waals surface area contributed by atoms with Crippen molar-refractivity contribution in [1.29, 1.82) is 0 Å². The monoisotopic (exact) mass is 1530 g/mol. The molecule has 0 amide bonds. The topological polar surface area (TPSA) is 237 Å². The van der Waals surface area contributed by atoms with Crippen molar-refractivity contribution in [2.24, 2.45) is 11.8 Å². The lowest BCUT2D eigenvalue weighted by atomic mass is 10.0. The number of aliphatic hydroxyl groups excluding tert-OH is 1. The number of aliphatic hydroxyl groups is 1. The van der Waals surface area contributed by atoms with Crippen LogP contribution in [-0.2, 0) is 65.4 Å². The van der Waals surface area contributed by atoms with Crippen LogP contribution in [0.25, 0.3) is 0 Å². The molecular formula is C86H164O17P2. The molecule has 0 aromatic heterocycles. The standard InChI is InChI=1S/C86H164O17P2/c1-7-9-11-13-15-17-19-21-23-24-25-26-27-28-29-35-39-43-47-51-59-65-70-85(90)102-81(74-96-83(88)68-62-56-49-45-41-37-34-31-30-33-36-40-44-48-54-60-66-78(3)4)76-100-104(92,93)98-72-80(87)73-99-105(94,95)101-77-82(75-97-84(89)69-63-57-53-52-55-61-67-79(5)6)103-86(91)71-64-58-50-46-42-38-32-22-20-18-16-14-12-10-8-2/h18,20,22,32,78-82,87H,7-17,19,21,23-31,33-77H2,1-6H3,(H,92,93)(H,94,95)/b20-18-,32-22-/t80-,81-,82-/m1/s1. The summed E-state index contributed by atoms with van der Waals surface area (Å²) in [6.07, 6.45) is 72.0. The number of rotatable bonds is 83. The van der Waals surface area contributed by atoms with E-state index in [4.69, 9.17) is 37.0 Å². The van der Waals surface area contributed by atoms with Crippen molar-refractivity contribution in [3.63, 3.8) is 0 Å². The van der Waals surface area contributed by atoms with Gasteiger partial charge in [0.1, 0.15) is 19.3 Å². The Morgan fingerprint density at radius 3 is 0.781 bits per heavy atom. The van der Waals surface area contributed by atoms with Gasteiger partial charge < -0.3 is 33.8 Å². The highest BCUT2D eigenvalue weighted by molar-refractivity contribution is 7.47. The molecule has 0 saturated heterocycles. The molecule has 3 N–H and O–H groups in total. The highest BCUT2D eigenvalue weighted by Gasteiger charge is 2.30. The van der Waals surface area contributed by atoms with Crippen LogP contribution >= 0.6 is 15.6 Å². The van der Waals surface area contributed by atoms with E-state index in [1.807, 2.05) is 0 Å². The second kappa shape index (κ2) is 76.9. The zero-order chi connectivity index (χ0) is 77.1. The van der Waals surface area contributed by atoms with E-state index in [9.17, 15) is 43.2 Å². The highest BCUT2D eigenvalue weighted by atomic mass is 31.2. The van der Waals surface area contributed by atoms with Crippen molar-refractivity contribution >= 4 is 39.5 Å². The van der Waals surface area contributed by atoms with Gasteiger partial charge in [-0.25, -0.2) is 9.13 Å². The first-order valence-electron chi connectivity index (χ1n) is 43.8. The van der Waals surface area contributed by atoms with E-state index in [2.05, 4.69) is 65.8 Å². The van der Waals surface area contributed by atoms with Crippen LogP contribution in [0.4, 0.5) is 0 Å². The number of hydrogen-bond donors (Lipinski definition) is 3. The lowest BCUT2D eigenvalue weighted by Crippen LogP contribution is -2.30. The van der Waals surface area contributed by atoms with Gasteiger partial charge in [0.15, 0.2) is 12.2 Å². The smallest absolute Gasteiger partial charge is 0.462 e. The SMILES string of the molecule is CCCCCC/C=C\C=C/CCCCCCCC(=O)O[C@H](COC(=O)CCCCCCCCC(C)C)COP(=O)(O)OC[C@H](O)COP(=O)(O)OC[C@@H](COC(=O)CCCCCCCCCCCCCCCCCCC(C)C)OC(=O)CCCCCCCCCCCCCCCCCCCCCCCC. The van der Waals surface area contributed by atoms with E-state index < -0.39 is 97.5 Å². The fraction of sp³-hybridized carbons (Fsp3) is 0.907. The fourth-order valence-corrected chi connectivity index (χ4v) is 14.5. The van der Waals surface area contributed by atoms with E-state index >= 15 is 0 Å². The van der Waals surface area contributed by atoms with Crippen molar-refractivity contribution < 1.29 is 80.2 Å². The first-order valence-corrected chi connectivity index (χ1v) is 46.8. The minimum atomic E-state index is -4.97. The summed E-state index contributed by atoms with van der Waals surface area (Å²) in [5.74, 6) is -0.650. The Bertz CT molecular complexity index is 2110. The van der Waals surface area contributed by atoms with Crippen LogP contribution in [0.15, 0.2) is 24.3 Å². The largest absolute Gasteiger partial charge is 0.472 e. The lowest BCUT2D eigenvalue weighted by molar-refractivity contribution is -0.161. The Morgan fingerprint density at radius 1 is 0.295 bits per heavy atom. The number of allylic oxidation sites excluding steroid dienone is 4. The van der Waals surface area contributed by atoms with Crippen molar-refractivity contribution in [2.75, 3.05) is 39.6 Å². The molecule has 19 heteroatoms. The van der Waals surface area contributed by atoms with Gasteiger partial charge in [-0.3, -0.25) is 37.3 Å². The molecule has 0 bridgehead atoms. The van der Waals surface area contributed by atoms with Crippen molar-refractivity contribution in [1.82, 2.24) is 0 Å². The molecule has 5 atom stereocenters. The van der Waals surface area contributed by atoms with Crippen LogP contribution < -0.4 is 0 Å². The fourth-order valence-electron chi connectivity index (χ4n) is 12.9. The lowest BCUT2D eigenvalue weighted by Gasteiger charge is -2.21. The number of esters is 4. The van der Waals surface area contributed by atoms with E-state index in [0.717, 1.165) is 115 Å². The van der Waals surface area contributed by atoms with Crippen LogP contribution in [0.2, 0.25) is 0 Å². The summed E-state index contributed by atoms with van der Waals surface area (Å²) in [6.45, 7) is 9.54. The number of phosphoric ester groups is 2. The molecular weight excluding hydrogens is 1370 g/mol. The first kappa shape index (κ1) is 103. The van der Waals surface area contributed by atoms with Crippen LogP contribution in [0.3, 0.4) is 0 Å². The van der Waals surface area contributed by atoms with Gasteiger partial charge in [-0.2, -0.15) is 0 Å². The maximum absolute atomic E-state index is 13.1. The summed E-state index contributed by atoms with van der Waals surface area (Å²) in [6, 6.07) is 0. The van der Waals surface area contributed by atoms with Crippen LogP contribution in [0.1, 0.15) is 433 Å². The molecule has 0 aliphatic heterocycles. The van der Waals surface area contributed by atoms with E-state index in [-0.39, 0.29) is 25.7 Å². The van der Waals surface area contributed by atoms with E-state index in [1.54, 1.807) is 0 Å². The molecule has 0 radical (unpaired) electrons. The molecule has 0 aromatic rings. The number of ether oxygens (including phenoxy) is 4. The van der Waals surface area contributed by atoms with Crippen molar-refractivity contribution in [3.8, 4) is 0 Å². The van der Waals surface area contributed by atoms with Gasteiger partial charge in [0.25, 0.3) is 0 Å². The Kier molecular flexibility index (Phi) is 75.1. The van der Waals surface area contributed by atoms with Gasteiger partial charge >= 0.3 is 39.5 Å². The summed E-state index contributed by atoms with van der Waals surface area (Å²) in [5, 5.41) is 10.7. The van der Waals surface area contributed by atoms with Gasteiger partial charge in [-0.1, -0.05) is 380 Å². The van der Waals surface area contributed by atoms with Crippen molar-refractivity contribution in [3.05, 3.63) is 24.3 Å². The summed E-state index contributed by atoms with van der Waals surface area (Å²) >= 11 is 0. The third kappa shape index (κ3) is 79.4. The second-order valence-electron chi connectivity index (χ2n) is 31.2. The van der Waals surface area contributed by atoms with Gasteiger partial charge in [-0.05, 0) is 63.2 Å². The number of carbonyl (C=O) groups is 4. The molecule has 0 spiro atoms. The maximum Gasteiger partial charge on any atom is 0.472 e. The summed E-state index contributed by atoms with van der Waals surface area (Å²) < 4.78 is 68.8. The normalized spacial score (nSPS) is 14.0. The number of carbonyl (C=O) groups excluding carboxylic acids is 4. The number of unbranched alkanes of at least 4 members (excludes halogenated alkanes) is 50. The molecule has 2 unspecified atom stereocenters. The van der Waals surface area contributed by atoms with E-state index in [1.165, 1.54) is 231 Å². The highest BCUT2D eigenvalue weighted by Crippen LogP contribution is 2.45. The predicted octanol–water partition coefficient (Wildman–Crippen LogP) is 25.8. The number of hydrogen-bond acceptors (Lipinski definition) is 15.